The molecule has 0 spiro atoms. The van der Waals surface area contributed by atoms with E-state index in [9.17, 15) is 0 Å². The van der Waals surface area contributed by atoms with Crippen LogP contribution in [-0.2, 0) is 16.5 Å². The normalized spacial score (nSPS) is 27.2. The van der Waals surface area contributed by atoms with E-state index in [1.807, 2.05) is 26.4 Å². The molecule has 1 aliphatic carbocycles. The average molecular weight is 267 g/mol. The van der Waals surface area contributed by atoms with Gasteiger partial charge in [-0.3, -0.25) is 4.68 Å². The number of hydrogen-bond acceptors (Lipinski definition) is 4. The molecule has 0 radical (unpaired) electrons. The summed E-state index contributed by atoms with van der Waals surface area (Å²) in [6.45, 7) is 1.98. The summed E-state index contributed by atoms with van der Waals surface area (Å²) in [6.07, 6.45) is 8.61. The highest BCUT2D eigenvalue weighted by atomic mass is 16.5. The van der Waals surface area contributed by atoms with Gasteiger partial charge in [0.25, 0.3) is 0 Å². The fraction of sp³-hybridized carbons (Fsp3) is 0.786. The third kappa shape index (κ3) is 3.78. The second-order valence-corrected chi connectivity index (χ2v) is 5.51. The van der Waals surface area contributed by atoms with Gasteiger partial charge < -0.3 is 15.2 Å². The molecule has 1 heterocycles. The van der Waals surface area contributed by atoms with Crippen LogP contribution in [0.5, 0.6) is 0 Å². The maximum absolute atomic E-state index is 6.23. The Kier molecular flexibility index (Phi) is 4.96. The molecule has 1 fully saturated rings. The first-order chi connectivity index (χ1) is 9.10. The van der Waals surface area contributed by atoms with Crippen molar-refractivity contribution < 1.29 is 9.47 Å². The molecule has 0 aromatic carbocycles. The Bertz CT molecular complexity index is 392. The second kappa shape index (κ2) is 6.50. The number of nitrogens with two attached hydrogens (primary N) is 1. The van der Waals surface area contributed by atoms with Crippen LogP contribution in [0.3, 0.4) is 0 Å². The molecule has 5 heteroatoms. The molecule has 108 valence electrons. The number of aryl methyl sites for hydroxylation is 1. The van der Waals surface area contributed by atoms with Gasteiger partial charge in [-0.15, -0.1) is 0 Å². The first kappa shape index (κ1) is 14.5. The molecule has 4 atom stereocenters. The van der Waals surface area contributed by atoms with E-state index in [1.165, 1.54) is 0 Å². The van der Waals surface area contributed by atoms with Crippen LogP contribution in [0.25, 0.3) is 0 Å². The topological polar surface area (TPSA) is 62.3 Å². The lowest BCUT2D eigenvalue weighted by atomic mass is 9.94. The number of hydrogen-bond donors (Lipinski definition) is 1. The number of aromatic nitrogens is 2. The molecule has 2 rings (SSSR count). The largest absolute Gasteiger partial charge is 0.381 e. The minimum atomic E-state index is -0.0886. The third-order valence-electron chi connectivity index (χ3n) is 3.78. The summed E-state index contributed by atoms with van der Waals surface area (Å²) < 4.78 is 13.5. The van der Waals surface area contributed by atoms with Crippen molar-refractivity contribution in [3.63, 3.8) is 0 Å². The fourth-order valence-corrected chi connectivity index (χ4v) is 2.74. The Hall–Kier alpha value is -0.910. The van der Waals surface area contributed by atoms with Gasteiger partial charge in [0, 0.05) is 32.0 Å². The van der Waals surface area contributed by atoms with Gasteiger partial charge in [-0.05, 0) is 32.6 Å². The monoisotopic (exact) mass is 267 g/mol. The molecular formula is C14H25N3O2. The molecule has 1 saturated carbocycles. The third-order valence-corrected chi connectivity index (χ3v) is 3.78. The van der Waals surface area contributed by atoms with E-state index >= 15 is 0 Å². The van der Waals surface area contributed by atoms with Crippen LogP contribution in [0.15, 0.2) is 12.4 Å². The maximum atomic E-state index is 6.23. The van der Waals surface area contributed by atoms with Gasteiger partial charge in [-0.1, -0.05) is 0 Å². The molecule has 0 bridgehead atoms. The van der Waals surface area contributed by atoms with E-state index in [-0.39, 0.29) is 18.2 Å². The summed E-state index contributed by atoms with van der Waals surface area (Å²) >= 11 is 0. The standard InChI is InChI=1S/C14H25N3O2/c1-10(15)14(11-8-16-17(2)9-11)19-13-6-4-5-12(7-13)18-3/h8-10,12-14H,4-7,15H2,1-3H3. The highest BCUT2D eigenvalue weighted by molar-refractivity contribution is 5.10. The first-order valence-electron chi connectivity index (χ1n) is 7.02. The van der Waals surface area contributed by atoms with Crippen molar-refractivity contribution in [1.29, 1.82) is 0 Å². The molecule has 5 nitrogen and oxygen atoms in total. The maximum Gasteiger partial charge on any atom is 0.101 e. The summed E-state index contributed by atoms with van der Waals surface area (Å²) in [7, 11) is 3.68. The molecule has 1 aromatic rings. The summed E-state index contributed by atoms with van der Waals surface area (Å²) in [6, 6.07) is -0.0490. The highest BCUT2D eigenvalue weighted by Gasteiger charge is 2.27. The zero-order chi connectivity index (χ0) is 13.8. The lowest BCUT2D eigenvalue weighted by molar-refractivity contribution is -0.0725. The van der Waals surface area contributed by atoms with E-state index in [4.69, 9.17) is 15.2 Å². The molecule has 4 unspecified atom stereocenters. The van der Waals surface area contributed by atoms with Crippen LogP contribution in [0.4, 0.5) is 0 Å². The van der Waals surface area contributed by atoms with E-state index in [0.717, 1.165) is 31.2 Å². The van der Waals surface area contributed by atoms with Gasteiger partial charge in [0.2, 0.25) is 0 Å². The van der Waals surface area contributed by atoms with Crippen molar-refractivity contribution >= 4 is 0 Å². The Morgan fingerprint density at radius 1 is 1.42 bits per heavy atom. The average Bonchev–Trinajstić information content (AvgIpc) is 2.82. The van der Waals surface area contributed by atoms with Gasteiger partial charge in [-0.25, -0.2) is 0 Å². The Balaban J connectivity index is 2.00. The quantitative estimate of drug-likeness (QED) is 0.883. The number of nitrogens with zero attached hydrogens (tertiary/aromatic N) is 2. The van der Waals surface area contributed by atoms with Crippen molar-refractivity contribution in [2.24, 2.45) is 12.8 Å². The molecule has 1 aromatic heterocycles. The predicted octanol–water partition coefficient (Wildman–Crippen LogP) is 1.78. The van der Waals surface area contributed by atoms with E-state index in [1.54, 1.807) is 11.8 Å². The smallest absolute Gasteiger partial charge is 0.101 e. The Morgan fingerprint density at radius 2 is 2.16 bits per heavy atom. The van der Waals surface area contributed by atoms with Gasteiger partial charge in [0.1, 0.15) is 6.10 Å². The molecule has 0 amide bonds. The highest BCUT2D eigenvalue weighted by Crippen LogP contribution is 2.29. The molecule has 19 heavy (non-hydrogen) atoms. The van der Waals surface area contributed by atoms with Crippen LogP contribution < -0.4 is 5.73 Å². The molecule has 0 saturated heterocycles. The van der Waals surface area contributed by atoms with Crippen molar-refractivity contribution in [3.8, 4) is 0 Å². The van der Waals surface area contributed by atoms with Crippen molar-refractivity contribution in [2.75, 3.05) is 7.11 Å². The molecular weight excluding hydrogens is 242 g/mol. The van der Waals surface area contributed by atoms with E-state index < -0.39 is 0 Å². The minimum Gasteiger partial charge on any atom is -0.381 e. The van der Waals surface area contributed by atoms with Crippen molar-refractivity contribution in [1.82, 2.24) is 9.78 Å². The van der Waals surface area contributed by atoms with Gasteiger partial charge >= 0.3 is 0 Å². The lowest BCUT2D eigenvalue weighted by Crippen LogP contribution is -2.34. The number of methoxy groups -OCH3 is 1. The van der Waals surface area contributed by atoms with Crippen LogP contribution in [0.1, 0.15) is 44.3 Å². The molecule has 0 aliphatic heterocycles. The fourth-order valence-electron chi connectivity index (χ4n) is 2.74. The lowest BCUT2D eigenvalue weighted by Gasteiger charge is -2.32. The van der Waals surface area contributed by atoms with Crippen LogP contribution in [-0.4, -0.2) is 35.1 Å². The SMILES string of the molecule is COC1CCCC(OC(c2cnn(C)c2)C(C)N)C1. The number of ether oxygens (including phenoxy) is 2. The predicted molar refractivity (Wildman–Crippen MR) is 73.7 cm³/mol. The van der Waals surface area contributed by atoms with Gasteiger partial charge in [0.05, 0.1) is 18.4 Å². The Labute approximate surface area is 115 Å². The van der Waals surface area contributed by atoms with Crippen LogP contribution in [0, 0.1) is 0 Å². The summed E-state index contributed by atoms with van der Waals surface area (Å²) in [5.74, 6) is 0. The first-order valence-corrected chi connectivity index (χ1v) is 7.02. The van der Waals surface area contributed by atoms with Gasteiger partial charge in [0.15, 0.2) is 0 Å². The van der Waals surface area contributed by atoms with E-state index in [0.29, 0.717) is 6.10 Å². The summed E-state index contributed by atoms with van der Waals surface area (Å²) in [5, 5.41) is 4.20. The summed E-state index contributed by atoms with van der Waals surface area (Å²) in [4.78, 5) is 0. The van der Waals surface area contributed by atoms with Crippen molar-refractivity contribution in [3.05, 3.63) is 18.0 Å². The molecule has 2 N–H and O–H groups in total. The van der Waals surface area contributed by atoms with Crippen LogP contribution >= 0.6 is 0 Å². The van der Waals surface area contributed by atoms with E-state index in [2.05, 4.69) is 5.10 Å². The zero-order valence-electron chi connectivity index (χ0n) is 12.1. The van der Waals surface area contributed by atoms with Crippen LogP contribution in [0.2, 0.25) is 0 Å². The number of rotatable bonds is 5. The zero-order valence-corrected chi connectivity index (χ0v) is 12.1. The minimum absolute atomic E-state index is 0.0490. The molecule has 1 aliphatic rings. The second-order valence-electron chi connectivity index (χ2n) is 5.51. The van der Waals surface area contributed by atoms with Gasteiger partial charge in [-0.2, -0.15) is 5.10 Å². The summed E-state index contributed by atoms with van der Waals surface area (Å²) in [5.41, 5.74) is 7.12. The van der Waals surface area contributed by atoms with Crippen molar-refractivity contribution in [2.45, 2.75) is 57.0 Å². The Morgan fingerprint density at radius 3 is 2.74 bits per heavy atom.